The maximum Gasteiger partial charge on any atom is 0.306 e. The van der Waals surface area contributed by atoms with Crippen molar-refractivity contribution < 1.29 is 24.2 Å². The summed E-state index contributed by atoms with van der Waals surface area (Å²) in [5.74, 6) is 2.01. The molecule has 7 heteroatoms. The van der Waals surface area contributed by atoms with Crippen LogP contribution in [0.5, 0.6) is 0 Å². The first kappa shape index (κ1) is 39.8. The molecule has 0 aromatic heterocycles. The summed E-state index contributed by atoms with van der Waals surface area (Å²) in [5, 5.41) is 9.36. The van der Waals surface area contributed by atoms with Crippen molar-refractivity contribution in [3.63, 3.8) is 0 Å². The van der Waals surface area contributed by atoms with Crippen LogP contribution in [0, 0.1) is 62.1 Å². The third kappa shape index (κ3) is 6.61. The summed E-state index contributed by atoms with van der Waals surface area (Å²) in [7, 11) is 0. The molecule has 1 N–H and O–H groups in total. The Morgan fingerprint density at radius 3 is 2.15 bits per heavy atom. The number of rotatable bonds is 10. The summed E-state index contributed by atoms with van der Waals surface area (Å²) < 4.78 is 6.30. The molecule has 1 heterocycles. The molecule has 0 bridgehead atoms. The van der Waals surface area contributed by atoms with Crippen LogP contribution in [0.25, 0.3) is 0 Å². The number of carbonyl (C=O) groups excluding carboxylic acids is 2. The number of carboxylic acid groups (broad SMARTS) is 1. The lowest BCUT2D eigenvalue weighted by atomic mass is 9.32. The number of esters is 1. The van der Waals surface area contributed by atoms with Crippen molar-refractivity contribution in [2.24, 2.45) is 62.1 Å². The molecule has 294 valence electrons. The standard InChI is InChI=1S/C45H74N2O5/c1-11-22-46-23-25-47(26-24-46)36(48)27-45-19-14-31(30(2)3)39(45)32-12-13-34-42(8)17-16-35(52-38(51)29-40(4,5)28-37(49)50)41(6,7)33(42)15-18-44(34,10)43(32,9)20-21-45/h31-35,39H,2,11-29H2,1,3-10H3,(H,49,50)/t31-,32+,33-,34+,35-,39+,42-,43+,44+,45+/m0/s1. The summed E-state index contributed by atoms with van der Waals surface area (Å²) in [6.07, 6.45) is 13.4. The van der Waals surface area contributed by atoms with E-state index in [4.69, 9.17) is 4.74 Å². The van der Waals surface area contributed by atoms with Gasteiger partial charge in [-0.25, -0.2) is 0 Å². The van der Waals surface area contributed by atoms with Crippen LogP contribution in [0.15, 0.2) is 12.2 Å². The minimum atomic E-state index is -0.878. The van der Waals surface area contributed by atoms with Crippen LogP contribution in [0.3, 0.4) is 0 Å². The molecule has 1 saturated heterocycles. The van der Waals surface area contributed by atoms with Crippen molar-refractivity contribution in [2.45, 2.75) is 158 Å². The van der Waals surface area contributed by atoms with Gasteiger partial charge in [0.05, 0.1) is 12.8 Å². The molecular weight excluding hydrogens is 649 g/mol. The van der Waals surface area contributed by atoms with Gasteiger partial charge in [0.15, 0.2) is 0 Å². The van der Waals surface area contributed by atoms with E-state index in [1.807, 2.05) is 13.8 Å². The number of allylic oxidation sites excluding steroid dienone is 1. The van der Waals surface area contributed by atoms with Gasteiger partial charge < -0.3 is 14.7 Å². The number of carboxylic acids is 1. The van der Waals surface area contributed by atoms with Gasteiger partial charge in [0.1, 0.15) is 6.10 Å². The molecule has 0 aromatic carbocycles. The lowest BCUT2D eigenvalue weighted by Gasteiger charge is -2.73. The number of hydrogen-bond donors (Lipinski definition) is 1. The number of fused-ring (bicyclic) bond motifs is 7. The van der Waals surface area contributed by atoms with Crippen LogP contribution >= 0.6 is 0 Å². The molecule has 7 nitrogen and oxygen atoms in total. The second-order valence-corrected chi connectivity index (χ2v) is 21.2. The van der Waals surface area contributed by atoms with Gasteiger partial charge in [-0.3, -0.25) is 19.3 Å². The van der Waals surface area contributed by atoms with Gasteiger partial charge in [0.25, 0.3) is 0 Å². The highest BCUT2D eigenvalue weighted by Gasteiger charge is 2.71. The fourth-order valence-electron chi connectivity index (χ4n) is 14.8. The predicted octanol–water partition coefficient (Wildman–Crippen LogP) is 9.39. The summed E-state index contributed by atoms with van der Waals surface area (Å²) in [6.45, 7) is 30.3. The third-order valence-corrected chi connectivity index (χ3v) is 17.5. The lowest BCUT2D eigenvalue weighted by molar-refractivity contribution is -0.250. The minimum Gasteiger partial charge on any atom is -0.481 e. The molecule has 6 aliphatic rings. The van der Waals surface area contributed by atoms with Gasteiger partial charge in [-0.05, 0) is 141 Å². The summed E-state index contributed by atoms with van der Waals surface area (Å²) in [6, 6.07) is 0. The number of hydrogen-bond acceptors (Lipinski definition) is 5. The first-order valence-corrected chi connectivity index (χ1v) is 21.3. The van der Waals surface area contributed by atoms with Crippen LogP contribution in [0.1, 0.15) is 152 Å². The Labute approximate surface area is 316 Å². The molecule has 10 atom stereocenters. The van der Waals surface area contributed by atoms with Gasteiger partial charge in [-0.1, -0.05) is 67.5 Å². The second kappa shape index (κ2) is 14.0. The molecule has 0 radical (unpaired) electrons. The van der Waals surface area contributed by atoms with Crippen molar-refractivity contribution in [3.8, 4) is 0 Å². The first-order valence-electron chi connectivity index (χ1n) is 21.3. The normalized spacial score (nSPS) is 41.6. The summed E-state index contributed by atoms with van der Waals surface area (Å²) >= 11 is 0. The molecule has 6 rings (SSSR count). The van der Waals surface area contributed by atoms with Crippen molar-refractivity contribution in [1.29, 1.82) is 0 Å². The topological polar surface area (TPSA) is 87.2 Å². The van der Waals surface area contributed by atoms with Crippen LogP contribution in [0.2, 0.25) is 0 Å². The molecule has 6 fully saturated rings. The molecule has 0 aromatic rings. The fourth-order valence-corrected chi connectivity index (χ4v) is 14.8. The van der Waals surface area contributed by atoms with Crippen molar-refractivity contribution in [3.05, 3.63) is 12.2 Å². The van der Waals surface area contributed by atoms with Gasteiger partial charge >= 0.3 is 11.9 Å². The van der Waals surface area contributed by atoms with Gasteiger partial charge in [0, 0.05) is 38.0 Å². The maximum absolute atomic E-state index is 14.2. The number of carbonyl (C=O) groups is 3. The minimum absolute atomic E-state index is 0.0430. The average molecular weight is 723 g/mol. The number of ether oxygens (including phenoxy) is 1. The van der Waals surface area contributed by atoms with E-state index in [1.54, 1.807) is 0 Å². The van der Waals surface area contributed by atoms with Crippen LogP contribution in [-0.4, -0.2) is 71.6 Å². The van der Waals surface area contributed by atoms with E-state index in [0.717, 1.165) is 58.4 Å². The Balaban J connectivity index is 1.21. The zero-order chi connectivity index (χ0) is 38.1. The van der Waals surface area contributed by atoms with Gasteiger partial charge in [0.2, 0.25) is 5.91 Å². The highest BCUT2D eigenvalue weighted by molar-refractivity contribution is 5.77. The lowest BCUT2D eigenvalue weighted by Crippen LogP contribution is -2.67. The van der Waals surface area contributed by atoms with E-state index < -0.39 is 11.4 Å². The number of piperazine rings is 1. The molecule has 52 heavy (non-hydrogen) atoms. The zero-order valence-corrected chi connectivity index (χ0v) is 34.6. The van der Waals surface area contributed by atoms with E-state index in [9.17, 15) is 19.5 Å². The largest absolute Gasteiger partial charge is 0.481 e. The third-order valence-electron chi connectivity index (χ3n) is 17.5. The Kier molecular flexibility index (Phi) is 10.7. The van der Waals surface area contributed by atoms with Crippen LogP contribution in [0.4, 0.5) is 0 Å². The average Bonchev–Trinajstić information content (AvgIpc) is 3.42. The monoisotopic (exact) mass is 723 g/mol. The van der Waals surface area contributed by atoms with Crippen molar-refractivity contribution in [1.82, 2.24) is 9.80 Å². The van der Waals surface area contributed by atoms with Crippen LogP contribution < -0.4 is 0 Å². The molecule has 5 aliphatic carbocycles. The second-order valence-electron chi connectivity index (χ2n) is 21.2. The number of nitrogens with zero attached hydrogens (tertiary/aromatic N) is 2. The molecule has 0 spiro atoms. The summed E-state index contributed by atoms with van der Waals surface area (Å²) in [5.41, 5.74) is 1.25. The number of aliphatic carboxylic acids is 1. The zero-order valence-electron chi connectivity index (χ0n) is 34.6. The van der Waals surface area contributed by atoms with E-state index >= 15 is 0 Å². The smallest absolute Gasteiger partial charge is 0.306 e. The molecule has 5 saturated carbocycles. The van der Waals surface area contributed by atoms with E-state index in [-0.39, 0.29) is 52.0 Å². The van der Waals surface area contributed by atoms with Crippen LogP contribution in [-0.2, 0) is 19.1 Å². The van der Waals surface area contributed by atoms with E-state index in [0.29, 0.717) is 35.5 Å². The summed E-state index contributed by atoms with van der Waals surface area (Å²) in [4.78, 5) is 43.5. The highest BCUT2D eigenvalue weighted by atomic mass is 16.5. The van der Waals surface area contributed by atoms with Gasteiger partial charge in [-0.15, -0.1) is 0 Å². The fraction of sp³-hybridized carbons (Fsp3) is 0.889. The predicted molar refractivity (Wildman–Crippen MR) is 207 cm³/mol. The van der Waals surface area contributed by atoms with Crippen molar-refractivity contribution >= 4 is 17.8 Å². The Hall–Kier alpha value is -1.89. The highest BCUT2D eigenvalue weighted by Crippen LogP contribution is 2.78. The van der Waals surface area contributed by atoms with E-state index in [2.05, 4.69) is 64.8 Å². The molecule has 1 amide bonds. The van der Waals surface area contributed by atoms with Crippen molar-refractivity contribution in [2.75, 3.05) is 32.7 Å². The SMILES string of the molecule is C=C(C)[C@@H]1CC[C@]2(CC(=O)N3CCN(CCC)CC3)CC[C@]3(C)[C@H](CC[C@@H]4[C@@]5(C)CC[C@H](OC(=O)CC(C)(C)CC(=O)O)C(C)(C)[C@@H]5CC[C@]43C)[C@@H]12. The Bertz CT molecular complexity index is 1400. The van der Waals surface area contributed by atoms with E-state index in [1.165, 1.54) is 56.9 Å². The Morgan fingerprint density at radius 2 is 1.52 bits per heavy atom. The molecular formula is C45H74N2O5. The first-order chi connectivity index (χ1) is 24.2. The molecule has 0 unspecified atom stereocenters. The Morgan fingerprint density at radius 1 is 0.827 bits per heavy atom. The number of amides is 1. The maximum atomic E-state index is 14.2. The van der Waals surface area contributed by atoms with Gasteiger partial charge in [-0.2, -0.15) is 0 Å². The quantitative estimate of drug-likeness (QED) is 0.179. The molecule has 1 aliphatic heterocycles.